The lowest BCUT2D eigenvalue weighted by Gasteiger charge is -2.06. The van der Waals surface area contributed by atoms with Crippen molar-refractivity contribution in [2.24, 2.45) is 5.10 Å². The van der Waals surface area contributed by atoms with Gasteiger partial charge in [-0.3, -0.25) is 10.4 Å². The van der Waals surface area contributed by atoms with Crippen LogP contribution < -0.4 is 10.7 Å². The van der Waals surface area contributed by atoms with E-state index in [4.69, 9.17) is 12.2 Å². The van der Waals surface area contributed by atoms with E-state index in [1.54, 1.807) is 12.4 Å². The van der Waals surface area contributed by atoms with Gasteiger partial charge in [-0.05, 0) is 48.6 Å². The summed E-state index contributed by atoms with van der Waals surface area (Å²) >= 11 is 8.49. The van der Waals surface area contributed by atoms with Gasteiger partial charge in [0.2, 0.25) is 0 Å². The second-order valence-corrected chi connectivity index (χ2v) is 4.91. The smallest absolute Gasteiger partial charge is 0.191 e. The minimum Gasteiger partial charge on any atom is -0.331 e. The molecule has 1 aromatic heterocycles. The Hall–Kier alpha value is -1.79. The molecule has 2 rings (SSSR count). The molecule has 6 heteroatoms. The summed E-state index contributed by atoms with van der Waals surface area (Å²) in [6.45, 7) is 0. The summed E-state index contributed by atoms with van der Waals surface area (Å²) in [6, 6.07) is 13.3. The summed E-state index contributed by atoms with van der Waals surface area (Å²) in [7, 11) is 0. The Morgan fingerprint density at radius 1 is 1.21 bits per heavy atom. The number of thiocarbonyl (C=S) groups is 1. The van der Waals surface area contributed by atoms with Crippen molar-refractivity contribution in [1.82, 2.24) is 10.4 Å². The zero-order valence-corrected chi connectivity index (χ0v) is 12.3. The number of hydrogen-bond donors (Lipinski definition) is 2. The van der Waals surface area contributed by atoms with Gasteiger partial charge in [-0.25, -0.2) is 0 Å². The molecule has 0 aliphatic rings. The molecule has 0 bridgehead atoms. The van der Waals surface area contributed by atoms with Crippen molar-refractivity contribution in [3.63, 3.8) is 0 Å². The fraction of sp³-hybridized carbons (Fsp3) is 0. The molecule has 1 aromatic carbocycles. The van der Waals surface area contributed by atoms with Crippen LogP contribution in [0, 0.1) is 0 Å². The molecule has 0 saturated heterocycles. The van der Waals surface area contributed by atoms with Crippen LogP contribution in [0.5, 0.6) is 0 Å². The zero-order valence-electron chi connectivity index (χ0n) is 9.88. The molecule has 0 aliphatic heterocycles. The molecule has 0 fully saturated rings. The number of benzene rings is 1. The van der Waals surface area contributed by atoms with Crippen molar-refractivity contribution in [2.75, 3.05) is 5.32 Å². The first-order valence-corrected chi connectivity index (χ1v) is 6.71. The van der Waals surface area contributed by atoms with Crippen LogP contribution >= 0.6 is 28.1 Å². The summed E-state index contributed by atoms with van der Waals surface area (Å²) in [6.07, 6.45) is 3.31. The number of hydrogen-bond acceptors (Lipinski definition) is 3. The van der Waals surface area contributed by atoms with Crippen LogP contribution in [-0.2, 0) is 0 Å². The molecule has 0 amide bonds. The van der Waals surface area contributed by atoms with E-state index < -0.39 is 0 Å². The number of nitrogens with zero attached hydrogens (tertiary/aromatic N) is 2. The molecule has 2 aromatic rings. The highest BCUT2D eigenvalue weighted by molar-refractivity contribution is 9.10. The minimum absolute atomic E-state index is 0.425. The number of pyridine rings is 1. The quantitative estimate of drug-likeness (QED) is 0.514. The molecule has 0 atom stereocenters. The van der Waals surface area contributed by atoms with Crippen molar-refractivity contribution in [3.05, 3.63) is 58.8 Å². The molecule has 1 heterocycles. The Labute approximate surface area is 125 Å². The Balaban J connectivity index is 1.85. The van der Waals surface area contributed by atoms with Crippen LogP contribution in [0.25, 0.3) is 0 Å². The van der Waals surface area contributed by atoms with Crippen LogP contribution in [0.15, 0.2) is 58.2 Å². The number of aromatic nitrogens is 1. The highest BCUT2D eigenvalue weighted by Crippen LogP contribution is 2.13. The van der Waals surface area contributed by atoms with Crippen molar-refractivity contribution in [1.29, 1.82) is 0 Å². The predicted octanol–water partition coefficient (Wildman–Crippen LogP) is 3.16. The van der Waals surface area contributed by atoms with Gasteiger partial charge in [0, 0.05) is 16.4 Å². The third-order valence-electron chi connectivity index (χ3n) is 2.15. The van der Waals surface area contributed by atoms with E-state index in [-0.39, 0.29) is 0 Å². The topological polar surface area (TPSA) is 49.3 Å². The maximum absolute atomic E-state index is 5.12. The largest absolute Gasteiger partial charge is 0.331 e. The third kappa shape index (κ3) is 4.76. The van der Waals surface area contributed by atoms with E-state index in [9.17, 15) is 0 Å². The maximum Gasteiger partial charge on any atom is 0.191 e. The van der Waals surface area contributed by atoms with Crippen LogP contribution in [0.2, 0.25) is 0 Å². The molecule has 0 radical (unpaired) electrons. The second-order valence-electron chi connectivity index (χ2n) is 3.59. The van der Waals surface area contributed by atoms with Crippen molar-refractivity contribution < 1.29 is 0 Å². The summed E-state index contributed by atoms with van der Waals surface area (Å²) in [5.41, 5.74) is 4.39. The summed E-state index contributed by atoms with van der Waals surface area (Å²) in [5, 5.41) is 7.45. The molecular weight excluding hydrogens is 324 g/mol. The third-order valence-corrected chi connectivity index (χ3v) is 2.87. The zero-order chi connectivity index (χ0) is 13.5. The molecule has 0 saturated carbocycles. The van der Waals surface area contributed by atoms with Gasteiger partial charge in [-0.1, -0.05) is 22.0 Å². The first-order chi connectivity index (χ1) is 9.24. The Bertz CT molecular complexity index is 569. The summed E-state index contributed by atoms with van der Waals surface area (Å²) < 4.78 is 1.02. The summed E-state index contributed by atoms with van der Waals surface area (Å²) in [4.78, 5) is 4.11. The van der Waals surface area contributed by atoms with Crippen LogP contribution in [0.4, 0.5) is 5.69 Å². The highest BCUT2D eigenvalue weighted by atomic mass is 79.9. The molecule has 0 spiro atoms. The molecule has 0 aliphatic carbocycles. The number of anilines is 1. The first kappa shape index (κ1) is 13.6. The molecule has 2 N–H and O–H groups in total. The number of nitrogens with one attached hydrogen (secondary N) is 2. The average Bonchev–Trinajstić information content (AvgIpc) is 2.43. The van der Waals surface area contributed by atoms with Gasteiger partial charge in [0.25, 0.3) is 0 Å². The standard InChI is InChI=1S/C13H11BrN4S/c14-10-4-6-11(7-5-10)17-13(19)18-16-9-12-3-1-2-8-15-12/h1-9H,(H2,17,18,19). The number of halogens is 1. The Morgan fingerprint density at radius 3 is 2.68 bits per heavy atom. The second kappa shape index (κ2) is 6.96. The van der Waals surface area contributed by atoms with Gasteiger partial charge < -0.3 is 5.32 Å². The van der Waals surface area contributed by atoms with Gasteiger partial charge in [0.1, 0.15) is 0 Å². The minimum atomic E-state index is 0.425. The van der Waals surface area contributed by atoms with Crippen molar-refractivity contribution in [2.45, 2.75) is 0 Å². The van der Waals surface area contributed by atoms with E-state index in [0.717, 1.165) is 15.9 Å². The van der Waals surface area contributed by atoms with Gasteiger partial charge in [-0.15, -0.1) is 0 Å². The fourth-order valence-electron chi connectivity index (χ4n) is 1.30. The Kier molecular flexibility index (Phi) is 5.00. The van der Waals surface area contributed by atoms with Gasteiger partial charge >= 0.3 is 0 Å². The van der Waals surface area contributed by atoms with Gasteiger partial charge in [-0.2, -0.15) is 5.10 Å². The highest BCUT2D eigenvalue weighted by Gasteiger charge is 1.95. The van der Waals surface area contributed by atoms with Crippen LogP contribution in [0.3, 0.4) is 0 Å². The normalized spacial score (nSPS) is 10.4. The van der Waals surface area contributed by atoms with Crippen molar-refractivity contribution >= 4 is 45.2 Å². The van der Waals surface area contributed by atoms with Crippen LogP contribution in [-0.4, -0.2) is 16.3 Å². The van der Waals surface area contributed by atoms with E-state index in [1.807, 2.05) is 42.5 Å². The Morgan fingerprint density at radius 2 is 2.00 bits per heavy atom. The fourth-order valence-corrected chi connectivity index (χ4v) is 1.74. The van der Waals surface area contributed by atoms with Gasteiger partial charge in [0.05, 0.1) is 11.9 Å². The molecular formula is C13H11BrN4S. The molecule has 19 heavy (non-hydrogen) atoms. The monoisotopic (exact) mass is 334 g/mol. The van der Waals surface area contributed by atoms with E-state index in [1.165, 1.54) is 0 Å². The molecule has 96 valence electrons. The number of hydrazone groups is 1. The van der Waals surface area contributed by atoms with Gasteiger partial charge in [0.15, 0.2) is 5.11 Å². The van der Waals surface area contributed by atoms with E-state index in [0.29, 0.717) is 5.11 Å². The average molecular weight is 335 g/mol. The lowest BCUT2D eigenvalue weighted by Crippen LogP contribution is -2.23. The van der Waals surface area contributed by atoms with E-state index in [2.05, 4.69) is 36.8 Å². The lowest BCUT2D eigenvalue weighted by atomic mass is 10.3. The SMILES string of the molecule is S=C(NN=Cc1ccccn1)Nc1ccc(Br)cc1. The predicted molar refractivity (Wildman–Crippen MR) is 85.3 cm³/mol. The first-order valence-electron chi connectivity index (χ1n) is 5.51. The van der Waals surface area contributed by atoms with Crippen LogP contribution in [0.1, 0.15) is 5.69 Å². The molecule has 0 unspecified atom stereocenters. The maximum atomic E-state index is 5.12. The lowest BCUT2D eigenvalue weighted by molar-refractivity contribution is 1.05. The van der Waals surface area contributed by atoms with Crippen molar-refractivity contribution in [3.8, 4) is 0 Å². The summed E-state index contributed by atoms with van der Waals surface area (Å²) in [5.74, 6) is 0. The van der Waals surface area contributed by atoms with E-state index >= 15 is 0 Å². The number of rotatable bonds is 3. The molecule has 4 nitrogen and oxygen atoms in total.